The number of nitrogens with two attached hydrogens (primary N) is 1. The van der Waals surface area contributed by atoms with Crippen molar-refractivity contribution >= 4 is 33.6 Å². The van der Waals surface area contributed by atoms with Crippen molar-refractivity contribution < 1.29 is 17.9 Å². The summed E-state index contributed by atoms with van der Waals surface area (Å²) in [4.78, 5) is 21.3. The van der Waals surface area contributed by atoms with Crippen LogP contribution in [0.5, 0.6) is 0 Å². The van der Waals surface area contributed by atoms with Gasteiger partial charge in [-0.2, -0.15) is 4.99 Å². The number of allylic oxidation sites excluding steroid dienone is 2. The summed E-state index contributed by atoms with van der Waals surface area (Å²) < 4.78 is 29.9. The van der Waals surface area contributed by atoms with Crippen molar-refractivity contribution in [2.75, 3.05) is 46.6 Å². The van der Waals surface area contributed by atoms with Crippen LogP contribution in [0.25, 0.3) is 0 Å². The van der Waals surface area contributed by atoms with Crippen molar-refractivity contribution in [1.29, 1.82) is 0 Å². The summed E-state index contributed by atoms with van der Waals surface area (Å²) in [6.07, 6.45) is 4.57. The molecule has 2 heterocycles. The van der Waals surface area contributed by atoms with Crippen LogP contribution in [0.15, 0.2) is 27.9 Å². The van der Waals surface area contributed by atoms with E-state index in [0.29, 0.717) is 24.7 Å². The summed E-state index contributed by atoms with van der Waals surface area (Å²) in [6, 6.07) is 0.311. The lowest BCUT2D eigenvalue weighted by Gasteiger charge is -2.43. The maximum Gasteiger partial charge on any atom is 0.287 e. The SMILES string of the molecule is C=C(Cl)/C(C)=C(\N=C(N)OC)C(=O)N1CCC(N2CCC(N(C)S(C)(=O)=O)CC2)CC1. The minimum absolute atomic E-state index is 0.0522. The van der Waals surface area contributed by atoms with Crippen LogP contribution in [-0.2, 0) is 19.6 Å². The number of sulfonamides is 1. The van der Waals surface area contributed by atoms with Crippen molar-refractivity contribution in [3.63, 3.8) is 0 Å². The standard InChI is InChI=1S/C20H34ClN5O4S/c1-14(15(2)21)18(23-20(22)30-4)19(27)26-12-8-17(9-13-26)25-10-6-16(7-11-25)24(3)31(5,28)29/h16-17H,2,6-13H2,1,3-5H3,(H2,22,23)/b18-14-. The number of carbonyl (C=O) groups excluding carboxylic acids is 1. The van der Waals surface area contributed by atoms with Crippen molar-refractivity contribution in [2.45, 2.75) is 44.7 Å². The minimum atomic E-state index is -3.17. The van der Waals surface area contributed by atoms with Gasteiger partial charge in [-0.25, -0.2) is 12.7 Å². The lowest BCUT2D eigenvalue weighted by Crippen LogP contribution is -2.52. The Morgan fingerprint density at radius 1 is 1.19 bits per heavy atom. The average molecular weight is 476 g/mol. The highest BCUT2D eigenvalue weighted by molar-refractivity contribution is 7.88. The fourth-order valence-corrected chi connectivity index (χ4v) is 4.89. The molecule has 31 heavy (non-hydrogen) atoms. The van der Waals surface area contributed by atoms with Gasteiger partial charge in [-0.3, -0.25) is 4.79 Å². The minimum Gasteiger partial charge on any atom is -0.469 e. The van der Waals surface area contributed by atoms with Crippen LogP contribution in [0.4, 0.5) is 0 Å². The number of ether oxygens (including phenoxy) is 1. The molecule has 11 heteroatoms. The van der Waals surface area contributed by atoms with Gasteiger partial charge >= 0.3 is 0 Å². The summed E-state index contributed by atoms with van der Waals surface area (Å²) in [6.45, 7) is 8.27. The molecule has 2 aliphatic rings. The van der Waals surface area contributed by atoms with Crippen molar-refractivity contribution in [3.05, 3.63) is 22.9 Å². The van der Waals surface area contributed by atoms with E-state index in [0.717, 1.165) is 38.8 Å². The predicted octanol–water partition coefficient (Wildman–Crippen LogP) is 1.32. The van der Waals surface area contributed by atoms with E-state index in [-0.39, 0.29) is 28.7 Å². The summed E-state index contributed by atoms with van der Waals surface area (Å²) >= 11 is 6.00. The quantitative estimate of drug-likeness (QED) is 0.268. The first kappa shape index (κ1) is 25.6. The second-order valence-electron chi connectivity index (χ2n) is 8.10. The lowest BCUT2D eigenvalue weighted by molar-refractivity contribution is -0.128. The monoisotopic (exact) mass is 475 g/mol. The number of amides is 1. The second kappa shape index (κ2) is 10.8. The molecule has 0 atom stereocenters. The summed E-state index contributed by atoms with van der Waals surface area (Å²) in [7, 11) is -0.134. The van der Waals surface area contributed by atoms with Crippen LogP contribution in [0, 0.1) is 0 Å². The Morgan fingerprint density at radius 3 is 2.19 bits per heavy atom. The van der Waals surface area contributed by atoms with Crippen LogP contribution in [-0.4, -0.2) is 93.1 Å². The van der Waals surface area contributed by atoms with E-state index < -0.39 is 10.0 Å². The van der Waals surface area contributed by atoms with Gasteiger partial charge in [0.25, 0.3) is 11.9 Å². The van der Waals surface area contributed by atoms with Gasteiger partial charge in [0.2, 0.25) is 10.0 Å². The number of piperidine rings is 2. The molecular formula is C20H34ClN5O4S. The zero-order valence-electron chi connectivity index (χ0n) is 18.8. The maximum absolute atomic E-state index is 13.1. The lowest BCUT2D eigenvalue weighted by atomic mass is 9.97. The highest BCUT2D eigenvalue weighted by Crippen LogP contribution is 2.26. The maximum atomic E-state index is 13.1. The van der Waals surface area contributed by atoms with Gasteiger partial charge in [0.15, 0.2) is 0 Å². The molecule has 0 saturated carbocycles. The molecule has 0 unspecified atom stereocenters. The summed E-state index contributed by atoms with van der Waals surface area (Å²) in [5, 5.41) is 0.229. The number of carbonyl (C=O) groups is 1. The van der Waals surface area contributed by atoms with Gasteiger partial charge in [0, 0.05) is 37.3 Å². The first-order valence-electron chi connectivity index (χ1n) is 10.4. The molecule has 0 radical (unpaired) electrons. The molecule has 0 aromatic carbocycles. The third-order valence-electron chi connectivity index (χ3n) is 6.20. The predicted molar refractivity (Wildman–Crippen MR) is 123 cm³/mol. The number of rotatable bonds is 6. The van der Waals surface area contributed by atoms with Gasteiger partial charge in [-0.1, -0.05) is 18.2 Å². The number of aliphatic imine (C=N–C) groups is 1. The Bertz CT molecular complexity index is 842. The van der Waals surface area contributed by atoms with Gasteiger partial charge in [0.05, 0.1) is 13.4 Å². The number of halogens is 1. The Kier molecular flexibility index (Phi) is 8.93. The topological polar surface area (TPSA) is 109 Å². The highest BCUT2D eigenvalue weighted by Gasteiger charge is 2.33. The molecule has 9 nitrogen and oxygen atoms in total. The molecule has 0 bridgehead atoms. The number of hydrogen-bond donors (Lipinski definition) is 1. The first-order valence-corrected chi connectivity index (χ1v) is 12.6. The van der Waals surface area contributed by atoms with Crippen molar-refractivity contribution in [2.24, 2.45) is 10.7 Å². The molecule has 2 aliphatic heterocycles. The van der Waals surface area contributed by atoms with Crippen LogP contribution in [0.2, 0.25) is 0 Å². The Labute approximate surface area is 190 Å². The van der Waals surface area contributed by atoms with Gasteiger partial charge in [-0.15, -0.1) is 0 Å². The third-order valence-corrected chi connectivity index (χ3v) is 7.83. The Balaban J connectivity index is 1.97. The van der Waals surface area contributed by atoms with Crippen LogP contribution in [0.1, 0.15) is 32.6 Å². The molecule has 2 saturated heterocycles. The molecule has 0 aromatic rings. The summed E-state index contributed by atoms with van der Waals surface area (Å²) in [5.41, 5.74) is 6.27. The van der Waals surface area contributed by atoms with Crippen molar-refractivity contribution in [1.82, 2.24) is 14.1 Å². The number of methoxy groups -OCH3 is 1. The van der Waals surface area contributed by atoms with E-state index in [1.165, 1.54) is 17.7 Å². The molecule has 1 amide bonds. The smallest absolute Gasteiger partial charge is 0.287 e. The zero-order chi connectivity index (χ0) is 23.3. The first-order chi connectivity index (χ1) is 14.5. The highest BCUT2D eigenvalue weighted by atomic mass is 35.5. The molecule has 2 rings (SSSR count). The van der Waals surface area contributed by atoms with E-state index in [9.17, 15) is 13.2 Å². The van der Waals surface area contributed by atoms with Crippen LogP contribution < -0.4 is 5.73 Å². The molecule has 0 aliphatic carbocycles. The van der Waals surface area contributed by atoms with E-state index >= 15 is 0 Å². The number of amidine groups is 1. The van der Waals surface area contributed by atoms with Gasteiger partial charge in [-0.05, 0) is 51.3 Å². The second-order valence-corrected chi connectivity index (χ2v) is 10.6. The van der Waals surface area contributed by atoms with Crippen LogP contribution >= 0.6 is 11.6 Å². The normalized spacial score (nSPS) is 21.2. The molecule has 176 valence electrons. The summed E-state index contributed by atoms with van der Waals surface area (Å²) in [5.74, 6) is -0.244. The van der Waals surface area contributed by atoms with Crippen LogP contribution in [0.3, 0.4) is 0 Å². The molecule has 2 N–H and O–H groups in total. The third kappa shape index (κ3) is 6.68. The molecule has 0 aromatic heterocycles. The van der Waals surface area contributed by atoms with E-state index in [4.69, 9.17) is 22.1 Å². The molecule has 0 spiro atoms. The Hall–Kier alpha value is -1.62. The van der Waals surface area contributed by atoms with E-state index in [1.807, 2.05) is 0 Å². The average Bonchev–Trinajstić information content (AvgIpc) is 2.75. The van der Waals surface area contributed by atoms with E-state index in [2.05, 4.69) is 16.5 Å². The van der Waals surface area contributed by atoms with E-state index in [1.54, 1.807) is 18.9 Å². The molecule has 2 fully saturated rings. The number of likely N-dealkylation sites (tertiary alicyclic amines) is 2. The Morgan fingerprint density at radius 2 is 1.74 bits per heavy atom. The van der Waals surface area contributed by atoms with Crippen molar-refractivity contribution in [3.8, 4) is 0 Å². The zero-order valence-corrected chi connectivity index (χ0v) is 20.4. The fraction of sp³-hybridized carbons (Fsp3) is 0.700. The van der Waals surface area contributed by atoms with Gasteiger partial charge in [0.1, 0.15) is 5.70 Å². The largest absolute Gasteiger partial charge is 0.469 e. The number of hydrogen-bond acceptors (Lipinski definition) is 6. The van der Waals surface area contributed by atoms with Gasteiger partial charge < -0.3 is 20.3 Å². The number of nitrogens with zero attached hydrogens (tertiary/aromatic N) is 4. The molecular weight excluding hydrogens is 442 g/mol. The fourth-order valence-electron chi connectivity index (χ4n) is 4.05.